The highest BCUT2D eigenvalue weighted by atomic mass is 19.1. The summed E-state index contributed by atoms with van der Waals surface area (Å²) in [7, 11) is 0. The number of carbonyl (C=O) groups excluding carboxylic acids is 1. The Morgan fingerprint density at radius 1 is 1.17 bits per heavy atom. The molecule has 5 heteroatoms. The quantitative estimate of drug-likeness (QED) is 0.676. The number of Topliss-reactive ketones (excluding diaryl/α,β-unsaturated/α-hetero) is 1. The molecule has 0 aromatic carbocycles. The van der Waals surface area contributed by atoms with E-state index in [1.807, 2.05) is 0 Å². The van der Waals surface area contributed by atoms with E-state index in [-0.39, 0.29) is 23.7 Å². The molecular formula is C25H34FN3O. The summed E-state index contributed by atoms with van der Waals surface area (Å²) < 4.78 is 15.7. The topological polar surface area (TPSA) is 58.7 Å². The summed E-state index contributed by atoms with van der Waals surface area (Å²) in [4.78, 5) is 13.3. The van der Waals surface area contributed by atoms with Gasteiger partial charge in [0.1, 0.15) is 12.2 Å². The van der Waals surface area contributed by atoms with Crippen molar-refractivity contribution >= 4 is 5.78 Å². The van der Waals surface area contributed by atoms with Gasteiger partial charge in [-0.15, -0.1) is 0 Å². The molecule has 4 saturated carbocycles. The van der Waals surface area contributed by atoms with Gasteiger partial charge in [0.2, 0.25) is 0 Å². The Hall–Kier alpha value is -1.70. The molecule has 162 valence electrons. The minimum Gasteiger partial charge on any atom is -0.297 e. The Kier molecular flexibility index (Phi) is 4.84. The fourth-order valence-corrected chi connectivity index (χ4v) is 8.51. The molecule has 1 aromatic rings. The van der Waals surface area contributed by atoms with E-state index < -0.39 is 6.17 Å². The lowest BCUT2D eigenvalue weighted by Crippen LogP contribution is -2.54. The summed E-state index contributed by atoms with van der Waals surface area (Å²) in [6, 6.07) is 2.08. The fraction of sp³-hybridized carbons (Fsp3) is 0.800. The van der Waals surface area contributed by atoms with Crippen LogP contribution in [-0.2, 0) is 11.3 Å². The van der Waals surface area contributed by atoms with Gasteiger partial charge in [0.15, 0.2) is 5.78 Å². The average Bonchev–Trinajstić information content (AvgIpc) is 3.32. The van der Waals surface area contributed by atoms with E-state index in [1.165, 1.54) is 25.5 Å². The standard InChI is InChI=1S/C25H34FN3O/c1-24-9-7-18(26)11-17(24)3-4-19-20-5-6-22(25(20,2)10-8-21(19)24)23(30)15-29-14-16(12-27)13-28-29/h13-14,17-22H,3-11,15H2,1-2H3/t17?,18-,19+,20+,21+,22-,24+,25+/m1/s1. The number of nitriles is 1. The van der Waals surface area contributed by atoms with Gasteiger partial charge >= 0.3 is 0 Å². The number of aromatic nitrogens is 2. The fourth-order valence-electron chi connectivity index (χ4n) is 8.51. The normalized spacial score (nSPS) is 45.1. The van der Waals surface area contributed by atoms with E-state index in [4.69, 9.17) is 5.26 Å². The van der Waals surface area contributed by atoms with E-state index in [0.29, 0.717) is 34.7 Å². The first-order chi connectivity index (χ1) is 14.3. The molecule has 1 heterocycles. The van der Waals surface area contributed by atoms with Crippen LogP contribution in [0, 0.1) is 51.8 Å². The Bertz CT molecular complexity index is 874. The van der Waals surface area contributed by atoms with Crippen LogP contribution in [0.15, 0.2) is 12.4 Å². The number of halogens is 1. The molecule has 1 aromatic heterocycles. The van der Waals surface area contributed by atoms with Crippen molar-refractivity contribution in [3.63, 3.8) is 0 Å². The van der Waals surface area contributed by atoms with Crippen molar-refractivity contribution < 1.29 is 9.18 Å². The first kappa shape index (κ1) is 20.2. The van der Waals surface area contributed by atoms with Crippen molar-refractivity contribution in [3.05, 3.63) is 18.0 Å². The van der Waals surface area contributed by atoms with Crippen LogP contribution in [0.1, 0.15) is 77.2 Å². The molecule has 0 saturated heterocycles. The molecule has 4 fully saturated rings. The molecule has 0 amide bonds. The van der Waals surface area contributed by atoms with E-state index >= 15 is 0 Å². The van der Waals surface area contributed by atoms with Gasteiger partial charge in [0.05, 0.1) is 18.3 Å². The molecule has 0 N–H and O–H groups in total. The number of carbonyl (C=O) groups is 1. The lowest BCUT2D eigenvalue weighted by molar-refractivity contribution is -0.138. The van der Waals surface area contributed by atoms with Crippen molar-refractivity contribution in [1.82, 2.24) is 9.78 Å². The molecule has 0 radical (unpaired) electrons. The van der Waals surface area contributed by atoms with Gasteiger partial charge in [0.25, 0.3) is 0 Å². The predicted octanol–water partition coefficient (Wildman–Crippen LogP) is 5.32. The lowest BCUT2D eigenvalue weighted by atomic mass is 9.44. The molecule has 0 spiro atoms. The second-order valence-corrected chi connectivity index (χ2v) is 11.2. The maximum atomic E-state index is 14.1. The second-order valence-electron chi connectivity index (χ2n) is 11.2. The van der Waals surface area contributed by atoms with E-state index in [9.17, 15) is 9.18 Å². The minimum atomic E-state index is -0.592. The average molecular weight is 412 g/mol. The summed E-state index contributed by atoms with van der Waals surface area (Å²) in [5.41, 5.74) is 0.897. The first-order valence-electron chi connectivity index (χ1n) is 11.9. The van der Waals surface area contributed by atoms with Gasteiger partial charge in [-0.3, -0.25) is 9.48 Å². The van der Waals surface area contributed by atoms with Crippen LogP contribution in [0.25, 0.3) is 0 Å². The van der Waals surface area contributed by atoms with E-state index in [2.05, 4.69) is 25.0 Å². The molecule has 0 bridgehead atoms. The van der Waals surface area contributed by atoms with Crippen molar-refractivity contribution in [2.45, 2.75) is 84.4 Å². The summed E-state index contributed by atoms with van der Waals surface area (Å²) in [5, 5.41) is 13.2. The summed E-state index contributed by atoms with van der Waals surface area (Å²) in [6.07, 6.45) is 12.0. The number of alkyl halides is 1. The van der Waals surface area contributed by atoms with Crippen molar-refractivity contribution in [2.75, 3.05) is 0 Å². The summed E-state index contributed by atoms with van der Waals surface area (Å²) >= 11 is 0. The number of nitrogens with zero attached hydrogens (tertiary/aromatic N) is 3. The summed E-state index contributed by atoms with van der Waals surface area (Å²) in [6.45, 7) is 5.12. The Labute approximate surface area is 179 Å². The zero-order chi connectivity index (χ0) is 21.1. The molecule has 1 unspecified atom stereocenters. The molecule has 30 heavy (non-hydrogen) atoms. The van der Waals surface area contributed by atoms with Crippen LogP contribution >= 0.6 is 0 Å². The third-order valence-electron chi connectivity index (χ3n) is 10.1. The van der Waals surface area contributed by atoms with Crippen LogP contribution in [0.5, 0.6) is 0 Å². The van der Waals surface area contributed by atoms with Crippen LogP contribution in [0.4, 0.5) is 4.39 Å². The molecule has 4 aliphatic rings. The van der Waals surface area contributed by atoms with Gasteiger partial charge in [-0.2, -0.15) is 10.4 Å². The van der Waals surface area contributed by atoms with E-state index in [0.717, 1.165) is 38.5 Å². The zero-order valence-corrected chi connectivity index (χ0v) is 18.3. The lowest BCUT2D eigenvalue weighted by Gasteiger charge is -2.60. The highest BCUT2D eigenvalue weighted by Crippen LogP contribution is 2.67. The third-order valence-corrected chi connectivity index (χ3v) is 10.1. The van der Waals surface area contributed by atoms with Crippen molar-refractivity contribution in [2.24, 2.45) is 40.4 Å². The van der Waals surface area contributed by atoms with Gasteiger partial charge < -0.3 is 0 Å². The highest BCUT2D eigenvalue weighted by molar-refractivity contribution is 5.82. The largest absolute Gasteiger partial charge is 0.297 e. The van der Waals surface area contributed by atoms with Crippen LogP contribution in [-0.4, -0.2) is 21.7 Å². The smallest absolute Gasteiger partial charge is 0.157 e. The number of hydrogen-bond acceptors (Lipinski definition) is 3. The van der Waals surface area contributed by atoms with Gasteiger partial charge in [-0.1, -0.05) is 13.8 Å². The Morgan fingerprint density at radius 3 is 2.70 bits per heavy atom. The van der Waals surface area contributed by atoms with Gasteiger partial charge in [0, 0.05) is 12.1 Å². The highest BCUT2D eigenvalue weighted by Gasteiger charge is 2.61. The van der Waals surface area contributed by atoms with Crippen LogP contribution in [0.3, 0.4) is 0 Å². The monoisotopic (exact) mass is 411 g/mol. The molecule has 5 rings (SSSR count). The third kappa shape index (κ3) is 2.97. The maximum Gasteiger partial charge on any atom is 0.157 e. The molecular weight excluding hydrogens is 377 g/mol. The van der Waals surface area contributed by atoms with Crippen molar-refractivity contribution in [1.29, 1.82) is 5.26 Å². The SMILES string of the molecule is C[C@]12CC[C@H]3[C@@H](CCC4C[C@H](F)CC[C@@]43C)[C@@H]1CC[C@@H]2C(=O)Cn1cc(C#N)cn1. The maximum absolute atomic E-state index is 14.1. The first-order valence-corrected chi connectivity index (χ1v) is 11.9. The van der Waals surface area contributed by atoms with Gasteiger partial charge in [-0.05, 0) is 92.3 Å². The predicted molar refractivity (Wildman–Crippen MR) is 112 cm³/mol. The second kappa shape index (κ2) is 7.18. The number of fused-ring (bicyclic) bond motifs is 5. The summed E-state index contributed by atoms with van der Waals surface area (Å²) in [5.74, 6) is 2.97. The Morgan fingerprint density at radius 2 is 1.93 bits per heavy atom. The van der Waals surface area contributed by atoms with Gasteiger partial charge in [-0.25, -0.2) is 4.39 Å². The number of rotatable bonds is 3. The van der Waals surface area contributed by atoms with Crippen LogP contribution < -0.4 is 0 Å². The Balaban J connectivity index is 1.34. The number of hydrogen-bond donors (Lipinski definition) is 0. The minimum absolute atomic E-state index is 0.0873. The molecule has 8 atom stereocenters. The van der Waals surface area contributed by atoms with E-state index in [1.54, 1.807) is 10.9 Å². The van der Waals surface area contributed by atoms with Crippen LogP contribution in [0.2, 0.25) is 0 Å². The number of ketones is 1. The molecule has 4 aliphatic carbocycles. The zero-order valence-electron chi connectivity index (χ0n) is 18.3. The van der Waals surface area contributed by atoms with Crippen molar-refractivity contribution in [3.8, 4) is 6.07 Å². The molecule has 0 aliphatic heterocycles. The molecule has 4 nitrogen and oxygen atoms in total.